The SMILES string of the molecule is C/C=C/c1nccn1C. The van der Waals surface area contributed by atoms with Gasteiger partial charge in [0.15, 0.2) is 0 Å². The van der Waals surface area contributed by atoms with E-state index < -0.39 is 0 Å². The van der Waals surface area contributed by atoms with Crippen LogP contribution in [0.2, 0.25) is 0 Å². The van der Waals surface area contributed by atoms with Crippen molar-refractivity contribution in [1.29, 1.82) is 0 Å². The third-order valence-electron chi connectivity index (χ3n) is 1.17. The summed E-state index contributed by atoms with van der Waals surface area (Å²) in [4.78, 5) is 4.08. The van der Waals surface area contributed by atoms with E-state index in [9.17, 15) is 0 Å². The van der Waals surface area contributed by atoms with Crippen LogP contribution >= 0.6 is 0 Å². The molecule has 0 saturated heterocycles. The number of rotatable bonds is 1. The van der Waals surface area contributed by atoms with Crippen molar-refractivity contribution < 1.29 is 0 Å². The third-order valence-corrected chi connectivity index (χ3v) is 1.17. The lowest BCUT2D eigenvalue weighted by atomic mass is 10.5. The zero-order chi connectivity index (χ0) is 6.69. The first kappa shape index (κ1) is 6.08. The number of imidazole rings is 1. The maximum absolute atomic E-state index is 4.08. The molecule has 0 N–H and O–H groups in total. The lowest BCUT2D eigenvalue weighted by Crippen LogP contribution is -1.87. The number of hydrogen-bond acceptors (Lipinski definition) is 1. The van der Waals surface area contributed by atoms with Crippen LogP contribution in [0, 0.1) is 0 Å². The van der Waals surface area contributed by atoms with Crippen LogP contribution in [0.1, 0.15) is 12.7 Å². The Bertz CT molecular complexity index is 210. The molecule has 0 radical (unpaired) electrons. The van der Waals surface area contributed by atoms with Crippen LogP contribution in [0.15, 0.2) is 18.5 Å². The number of aromatic nitrogens is 2. The van der Waals surface area contributed by atoms with E-state index in [1.807, 2.05) is 36.9 Å². The fourth-order valence-electron chi connectivity index (χ4n) is 0.687. The molecule has 0 bridgehead atoms. The molecule has 1 aromatic rings. The third kappa shape index (κ3) is 1.19. The van der Waals surface area contributed by atoms with E-state index in [0.717, 1.165) is 5.82 Å². The van der Waals surface area contributed by atoms with Crippen LogP contribution in [0.25, 0.3) is 6.08 Å². The second-order valence-electron chi connectivity index (χ2n) is 1.90. The van der Waals surface area contributed by atoms with Crippen LogP contribution < -0.4 is 0 Å². The molecule has 0 saturated carbocycles. The molecule has 2 nitrogen and oxygen atoms in total. The molecule has 0 aliphatic heterocycles. The van der Waals surface area contributed by atoms with Crippen LogP contribution in [0.4, 0.5) is 0 Å². The molecule has 0 fully saturated rings. The Morgan fingerprint density at radius 3 is 2.89 bits per heavy atom. The topological polar surface area (TPSA) is 17.8 Å². The molecule has 0 atom stereocenters. The monoisotopic (exact) mass is 122 g/mol. The molecule has 48 valence electrons. The van der Waals surface area contributed by atoms with E-state index in [1.54, 1.807) is 6.20 Å². The van der Waals surface area contributed by atoms with Gasteiger partial charge in [-0.1, -0.05) is 6.08 Å². The summed E-state index contributed by atoms with van der Waals surface area (Å²) in [7, 11) is 1.97. The van der Waals surface area contributed by atoms with E-state index in [2.05, 4.69) is 4.98 Å². The molecule has 0 aliphatic carbocycles. The zero-order valence-electron chi connectivity index (χ0n) is 5.70. The van der Waals surface area contributed by atoms with Crippen molar-refractivity contribution in [2.24, 2.45) is 7.05 Å². The summed E-state index contributed by atoms with van der Waals surface area (Å²) < 4.78 is 1.97. The zero-order valence-corrected chi connectivity index (χ0v) is 5.70. The standard InChI is InChI=1S/C7H10N2/c1-3-4-7-8-5-6-9(7)2/h3-6H,1-2H3/b4-3+. The van der Waals surface area contributed by atoms with Crippen LogP contribution in [-0.4, -0.2) is 9.55 Å². The average Bonchev–Trinajstić information content (AvgIpc) is 2.18. The van der Waals surface area contributed by atoms with E-state index in [4.69, 9.17) is 0 Å². The Labute approximate surface area is 54.8 Å². The first-order chi connectivity index (χ1) is 4.34. The smallest absolute Gasteiger partial charge is 0.131 e. The Hall–Kier alpha value is -1.05. The van der Waals surface area contributed by atoms with Gasteiger partial charge in [0.25, 0.3) is 0 Å². The molecule has 0 amide bonds. The predicted molar refractivity (Wildman–Crippen MR) is 37.9 cm³/mol. The molecule has 0 unspecified atom stereocenters. The summed E-state index contributed by atoms with van der Waals surface area (Å²) in [6.45, 7) is 1.98. The molecule has 0 spiro atoms. The number of hydrogen-bond donors (Lipinski definition) is 0. The van der Waals surface area contributed by atoms with E-state index in [1.165, 1.54) is 0 Å². The van der Waals surface area contributed by atoms with Crippen molar-refractivity contribution >= 4 is 6.08 Å². The van der Waals surface area contributed by atoms with Crippen molar-refractivity contribution in [2.75, 3.05) is 0 Å². The van der Waals surface area contributed by atoms with Gasteiger partial charge >= 0.3 is 0 Å². The van der Waals surface area contributed by atoms with E-state index in [0.29, 0.717) is 0 Å². The maximum atomic E-state index is 4.08. The van der Waals surface area contributed by atoms with Gasteiger partial charge in [0.2, 0.25) is 0 Å². The normalized spacial score (nSPS) is 10.9. The highest BCUT2D eigenvalue weighted by Crippen LogP contribution is 1.95. The van der Waals surface area contributed by atoms with Crippen molar-refractivity contribution in [2.45, 2.75) is 6.92 Å². The Morgan fingerprint density at radius 1 is 1.67 bits per heavy atom. The van der Waals surface area contributed by atoms with Crippen molar-refractivity contribution in [3.05, 3.63) is 24.3 Å². The van der Waals surface area contributed by atoms with Gasteiger partial charge < -0.3 is 4.57 Å². The van der Waals surface area contributed by atoms with Gasteiger partial charge in [0.1, 0.15) is 5.82 Å². The molecule has 1 heterocycles. The summed E-state index contributed by atoms with van der Waals surface area (Å²) in [5.74, 6) is 0.998. The summed E-state index contributed by atoms with van der Waals surface area (Å²) in [5, 5.41) is 0. The highest BCUT2D eigenvalue weighted by Gasteiger charge is 1.88. The van der Waals surface area contributed by atoms with Gasteiger partial charge in [0, 0.05) is 19.4 Å². The summed E-state index contributed by atoms with van der Waals surface area (Å²) in [5.41, 5.74) is 0. The molecule has 2 heteroatoms. The lowest BCUT2D eigenvalue weighted by molar-refractivity contribution is 0.897. The molecular formula is C7H10N2. The van der Waals surface area contributed by atoms with E-state index in [-0.39, 0.29) is 0 Å². The van der Waals surface area contributed by atoms with Gasteiger partial charge in [0.05, 0.1) is 0 Å². The molecule has 0 aliphatic rings. The Morgan fingerprint density at radius 2 is 2.44 bits per heavy atom. The quantitative estimate of drug-likeness (QED) is 0.551. The van der Waals surface area contributed by atoms with Gasteiger partial charge in [-0.2, -0.15) is 0 Å². The second kappa shape index (κ2) is 2.49. The molecular weight excluding hydrogens is 112 g/mol. The summed E-state index contributed by atoms with van der Waals surface area (Å²) in [6, 6.07) is 0. The van der Waals surface area contributed by atoms with Crippen molar-refractivity contribution in [3.8, 4) is 0 Å². The largest absolute Gasteiger partial charge is 0.335 e. The predicted octanol–water partition coefficient (Wildman–Crippen LogP) is 1.45. The highest BCUT2D eigenvalue weighted by atomic mass is 15.0. The first-order valence-electron chi connectivity index (χ1n) is 2.94. The highest BCUT2D eigenvalue weighted by molar-refractivity contribution is 5.39. The molecule has 1 aromatic heterocycles. The number of allylic oxidation sites excluding steroid dienone is 1. The first-order valence-corrected chi connectivity index (χ1v) is 2.94. The van der Waals surface area contributed by atoms with Gasteiger partial charge in [-0.15, -0.1) is 0 Å². The van der Waals surface area contributed by atoms with Crippen LogP contribution in [0.3, 0.4) is 0 Å². The minimum absolute atomic E-state index is 0.998. The van der Waals surface area contributed by atoms with Gasteiger partial charge in [-0.25, -0.2) is 4.98 Å². The maximum Gasteiger partial charge on any atom is 0.131 e. The molecule has 0 aromatic carbocycles. The lowest BCUT2D eigenvalue weighted by Gasteiger charge is -1.90. The van der Waals surface area contributed by atoms with Gasteiger partial charge in [-0.05, 0) is 13.0 Å². The minimum Gasteiger partial charge on any atom is -0.335 e. The average molecular weight is 122 g/mol. The molecule has 1 rings (SSSR count). The van der Waals surface area contributed by atoms with E-state index >= 15 is 0 Å². The molecule has 9 heavy (non-hydrogen) atoms. The van der Waals surface area contributed by atoms with Crippen molar-refractivity contribution in [3.63, 3.8) is 0 Å². The van der Waals surface area contributed by atoms with Crippen molar-refractivity contribution in [1.82, 2.24) is 9.55 Å². The summed E-state index contributed by atoms with van der Waals surface area (Å²) in [6.07, 6.45) is 7.66. The van der Waals surface area contributed by atoms with Crippen LogP contribution in [0.5, 0.6) is 0 Å². The van der Waals surface area contributed by atoms with Crippen LogP contribution in [-0.2, 0) is 7.05 Å². The minimum atomic E-state index is 0.998. The fourth-order valence-corrected chi connectivity index (χ4v) is 0.687. The number of aryl methyl sites for hydroxylation is 1. The second-order valence-corrected chi connectivity index (χ2v) is 1.90. The van der Waals surface area contributed by atoms with Gasteiger partial charge in [-0.3, -0.25) is 0 Å². The summed E-state index contributed by atoms with van der Waals surface area (Å²) >= 11 is 0. The Kier molecular flexibility index (Phi) is 1.68. The number of nitrogens with zero attached hydrogens (tertiary/aromatic N) is 2. The Balaban J connectivity index is 2.94. The fraction of sp³-hybridized carbons (Fsp3) is 0.286.